The number of benzene rings is 2. The number of nitrogens with zero attached hydrogens (tertiary/aromatic N) is 3. The SMILES string of the molecule is O=C1c2ccccc2C(=O)N1CC(=O)N1CCCc2ccc([N+](=O)[O-])cc21. The van der Waals surface area contributed by atoms with Crippen LogP contribution in [0.15, 0.2) is 42.5 Å². The lowest BCUT2D eigenvalue weighted by molar-refractivity contribution is -0.384. The molecular formula is C19H15N3O5. The molecule has 2 aromatic carbocycles. The Morgan fingerprint density at radius 1 is 1.07 bits per heavy atom. The number of carbonyl (C=O) groups excluding carboxylic acids is 3. The fourth-order valence-corrected chi connectivity index (χ4v) is 3.54. The zero-order valence-corrected chi connectivity index (χ0v) is 14.3. The molecule has 0 unspecified atom stereocenters. The van der Waals surface area contributed by atoms with Crippen molar-refractivity contribution in [2.45, 2.75) is 12.8 Å². The van der Waals surface area contributed by atoms with E-state index in [1.165, 1.54) is 17.0 Å². The quantitative estimate of drug-likeness (QED) is 0.471. The van der Waals surface area contributed by atoms with Gasteiger partial charge in [0.25, 0.3) is 17.5 Å². The average Bonchev–Trinajstić information content (AvgIpc) is 2.92. The van der Waals surface area contributed by atoms with Gasteiger partial charge in [-0.1, -0.05) is 18.2 Å². The topological polar surface area (TPSA) is 101 Å². The van der Waals surface area contributed by atoms with Crippen LogP contribution >= 0.6 is 0 Å². The number of fused-ring (bicyclic) bond motifs is 2. The number of amides is 3. The van der Waals surface area contributed by atoms with Crippen molar-refractivity contribution in [3.05, 3.63) is 69.3 Å². The number of aryl methyl sites for hydroxylation is 1. The molecule has 3 amide bonds. The molecule has 0 spiro atoms. The molecule has 0 fully saturated rings. The summed E-state index contributed by atoms with van der Waals surface area (Å²) in [6, 6.07) is 10.9. The van der Waals surface area contributed by atoms with E-state index in [2.05, 4.69) is 0 Å². The van der Waals surface area contributed by atoms with Crippen LogP contribution in [0.4, 0.5) is 11.4 Å². The summed E-state index contributed by atoms with van der Waals surface area (Å²) >= 11 is 0. The molecule has 0 atom stereocenters. The normalized spacial score (nSPS) is 15.6. The largest absolute Gasteiger partial charge is 0.310 e. The van der Waals surface area contributed by atoms with Gasteiger partial charge < -0.3 is 4.90 Å². The Kier molecular flexibility index (Phi) is 3.95. The molecule has 136 valence electrons. The van der Waals surface area contributed by atoms with Gasteiger partial charge in [0.05, 0.1) is 21.7 Å². The van der Waals surface area contributed by atoms with Crippen LogP contribution in [0, 0.1) is 10.1 Å². The third-order valence-corrected chi connectivity index (χ3v) is 4.87. The van der Waals surface area contributed by atoms with E-state index >= 15 is 0 Å². The maximum Gasteiger partial charge on any atom is 0.271 e. The summed E-state index contributed by atoms with van der Waals surface area (Å²) in [5.41, 5.74) is 1.77. The number of rotatable bonds is 3. The number of imide groups is 1. The van der Waals surface area contributed by atoms with Gasteiger partial charge in [0.2, 0.25) is 5.91 Å². The summed E-state index contributed by atoms with van der Waals surface area (Å²) < 4.78 is 0. The molecule has 2 heterocycles. The summed E-state index contributed by atoms with van der Waals surface area (Å²) in [5, 5.41) is 11.1. The fourth-order valence-electron chi connectivity index (χ4n) is 3.54. The Morgan fingerprint density at radius 3 is 2.37 bits per heavy atom. The van der Waals surface area contributed by atoms with Gasteiger partial charge in [-0.05, 0) is 30.5 Å². The molecule has 0 saturated carbocycles. The lowest BCUT2D eigenvalue weighted by atomic mass is 10.0. The van der Waals surface area contributed by atoms with Gasteiger partial charge in [-0.2, -0.15) is 0 Å². The van der Waals surface area contributed by atoms with Crippen LogP contribution in [0.2, 0.25) is 0 Å². The Hall–Kier alpha value is -3.55. The number of non-ortho nitro benzene ring substituents is 1. The molecule has 0 aromatic heterocycles. The van der Waals surface area contributed by atoms with Gasteiger partial charge in [-0.3, -0.25) is 29.4 Å². The van der Waals surface area contributed by atoms with Crippen molar-refractivity contribution in [1.29, 1.82) is 0 Å². The lowest BCUT2D eigenvalue weighted by Crippen LogP contribution is -2.44. The fraction of sp³-hybridized carbons (Fsp3) is 0.211. The van der Waals surface area contributed by atoms with E-state index in [4.69, 9.17) is 0 Å². The summed E-state index contributed by atoms with van der Waals surface area (Å²) in [5.74, 6) is -1.44. The monoisotopic (exact) mass is 365 g/mol. The van der Waals surface area contributed by atoms with Gasteiger partial charge in [-0.25, -0.2) is 0 Å². The number of nitro groups is 1. The van der Waals surface area contributed by atoms with Crippen molar-refractivity contribution in [3.8, 4) is 0 Å². The molecule has 0 aliphatic carbocycles. The van der Waals surface area contributed by atoms with Crippen molar-refractivity contribution in [1.82, 2.24) is 4.90 Å². The first-order chi connectivity index (χ1) is 13.0. The Labute approximate surface area is 154 Å². The van der Waals surface area contributed by atoms with E-state index in [-0.39, 0.29) is 16.8 Å². The second-order valence-electron chi connectivity index (χ2n) is 6.46. The van der Waals surface area contributed by atoms with E-state index < -0.39 is 29.2 Å². The summed E-state index contributed by atoms with van der Waals surface area (Å²) in [7, 11) is 0. The maximum absolute atomic E-state index is 12.9. The molecule has 4 rings (SSSR count). The first kappa shape index (κ1) is 16.9. The van der Waals surface area contributed by atoms with Crippen molar-refractivity contribution >= 4 is 29.1 Å². The minimum Gasteiger partial charge on any atom is -0.310 e. The number of anilines is 1. The number of carbonyl (C=O) groups is 3. The third-order valence-electron chi connectivity index (χ3n) is 4.87. The van der Waals surface area contributed by atoms with E-state index in [1.54, 1.807) is 30.3 Å². The van der Waals surface area contributed by atoms with E-state index in [0.29, 0.717) is 25.1 Å². The highest BCUT2D eigenvalue weighted by molar-refractivity contribution is 6.22. The Morgan fingerprint density at radius 2 is 1.74 bits per heavy atom. The lowest BCUT2D eigenvalue weighted by Gasteiger charge is -2.30. The second-order valence-corrected chi connectivity index (χ2v) is 6.46. The molecule has 2 aliphatic heterocycles. The van der Waals surface area contributed by atoms with Crippen LogP contribution in [0.1, 0.15) is 32.7 Å². The van der Waals surface area contributed by atoms with Crippen LogP contribution in [0.3, 0.4) is 0 Å². The molecule has 2 aliphatic rings. The molecule has 0 radical (unpaired) electrons. The zero-order chi connectivity index (χ0) is 19.1. The number of hydrogen-bond donors (Lipinski definition) is 0. The van der Waals surface area contributed by atoms with Gasteiger partial charge in [0, 0.05) is 18.7 Å². The molecule has 2 aromatic rings. The minimum atomic E-state index is -0.512. The van der Waals surface area contributed by atoms with Crippen LogP contribution in [-0.2, 0) is 11.2 Å². The summed E-state index contributed by atoms with van der Waals surface area (Å²) in [6.45, 7) is -0.00928. The Bertz CT molecular complexity index is 966. The van der Waals surface area contributed by atoms with Crippen LogP contribution in [0.25, 0.3) is 0 Å². The number of nitro benzene ring substituents is 1. The summed E-state index contributed by atoms with van der Waals surface area (Å²) in [6.07, 6.45) is 1.42. The molecule has 8 heteroatoms. The average molecular weight is 365 g/mol. The molecule has 8 nitrogen and oxygen atoms in total. The highest BCUT2D eigenvalue weighted by atomic mass is 16.6. The third kappa shape index (κ3) is 2.75. The van der Waals surface area contributed by atoms with Gasteiger partial charge >= 0.3 is 0 Å². The zero-order valence-electron chi connectivity index (χ0n) is 14.3. The second kappa shape index (κ2) is 6.31. The first-order valence-corrected chi connectivity index (χ1v) is 8.50. The predicted molar refractivity (Wildman–Crippen MR) is 95.6 cm³/mol. The molecular weight excluding hydrogens is 350 g/mol. The van der Waals surface area contributed by atoms with Gasteiger partial charge in [-0.15, -0.1) is 0 Å². The highest BCUT2D eigenvalue weighted by Gasteiger charge is 2.37. The van der Waals surface area contributed by atoms with Gasteiger partial charge in [0.15, 0.2) is 0 Å². The maximum atomic E-state index is 12.9. The standard InChI is InChI=1S/C19H15N3O5/c23-17(11-21-18(24)14-5-1-2-6-15(14)19(21)25)20-9-3-4-12-7-8-13(22(26)27)10-16(12)20/h1-2,5-8,10H,3-4,9,11H2. The number of hydrogen-bond acceptors (Lipinski definition) is 5. The van der Waals surface area contributed by atoms with Crippen LogP contribution < -0.4 is 4.90 Å². The van der Waals surface area contributed by atoms with Gasteiger partial charge in [0.1, 0.15) is 6.54 Å². The molecule has 27 heavy (non-hydrogen) atoms. The van der Waals surface area contributed by atoms with Crippen molar-refractivity contribution in [3.63, 3.8) is 0 Å². The Balaban J connectivity index is 1.61. The minimum absolute atomic E-state index is 0.103. The smallest absolute Gasteiger partial charge is 0.271 e. The van der Waals surface area contributed by atoms with Crippen LogP contribution in [-0.4, -0.2) is 40.6 Å². The van der Waals surface area contributed by atoms with Crippen molar-refractivity contribution < 1.29 is 19.3 Å². The van der Waals surface area contributed by atoms with Crippen molar-refractivity contribution in [2.75, 3.05) is 18.0 Å². The highest BCUT2D eigenvalue weighted by Crippen LogP contribution is 2.31. The summed E-state index contributed by atoms with van der Waals surface area (Å²) in [4.78, 5) is 50.7. The first-order valence-electron chi connectivity index (χ1n) is 8.50. The molecule has 0 bridgehead atoms. The van der Waals surface area contributed by atoms with E-state index in [1.807, 2.05) is 0 Å². The van der Waals surface area contributed by atoms with E-state index in [9.17, 15) is 24.5 Å². The predicted octanol–water partition coefficient (Wildman–Crippen LogP) is 2.17. The van der Waals surface area contributed by atoms with Crippen molar-refractivity contribution in [2.24, 2.45) is 0 Å². The van der Waals surface area contributed by atoms with E-state index in [0.717, 1.165) is 10.5 Å². The van der Waals surface area contributed by atoms with Crippen LogP contribution in [0.5, 0.6) is 0 Å². The molecule has 0 saturated heterocycles. The molecule has 0 N–H and O–H groups in total.